The predicted octanol–water partition coefficient (Wildman–Crippen LogP) is 3.35. The molecule has 2 N–H and O–H groups in total. The van der Waals surface area contributed by atoms with Gasteiger partial charge in [0.05, 0.1) is 0 Å². The molecule has 0 heterocycles. The lowest BCUT2D eigenvalue weighted by molar-refractivity contribution is -0.118. The standard InChI is InChI=1S/C17H26O3S/c1-16(2,3)11-7-10(9-13(18)15(20)21)8-12(14(11)19)17(4,5)6/h7-8,13,18-19H,9H2,1-6H3,(H,20,21). The largest absolute Gasteiger partial charge is 0.507 e. The van der Waals surface area contributed by atoms with Crippen molar-refractivity contribution in [2.45, 2.75) is 64.9 Å². The zero-order valence-corrected chi connectivity index (χ0v) is 14.6. The number of hydrogen-bond acceptors (Lipinski definition) is 3. The molecule has 0 saturated heterocycles. The van der Waals surface area contributed by atoms with Crippen LogP contribution in [-0.4, -0.2) is 21.4 Å². The van der Waals surface area contributed by atoms with Gasteiger partial charge in [-0.3, -0.25) is 4.79 Å². The fourth-order valence-corrected chi connectivity index (χ4v) is 2.36. The Labute approximate surface area is 132 Å². The summed E-state index contributed by atoms with van der Waals surface area (Å²) in [5.74, 6) is 0.297. The van der Waals surface area contributed by atoms with Gasteiger partial charge in [0.25, 0.3) is 0 Å². The quantitative estimate of drug-likeness (QED) is 0.750. The summed E-state index contributed by atoms with van der Waals surface area (Å²) in [4.78, 5) is 11.1. The molecule has 0 fully saturated rings. The minimum atomic E-state index is -1.13. The Kier molecular flexibility index (Phi) is 5.17. The highest BCUT2D eigenvalue weighted by molar-refractivity contribution is 7.96. The van der Waals surface area contributed by atoms with E-state index in [1.807, 2.05) is 53.7 Å². The van der Waals surface area contributed by atoms with Crippen molar-refractivity contribution in [3.63, 3.8) is 0 Å². The SMILES string of the molecule is CC(C)(C)c1cc(CC(O)C(=O)S)cc(C(C)(C)C)c1O. The van der Waals surface area contributed by atoms with Gasteiger partial charge in [-0.1, -0.05) is 53.7 Å². The van der Waals surface area contributed by atoms with Crippen LogP contribution in [0.4, 0.5) is 0 Å². The number of aromatic hydroxyl groups is 1. The number of hydrogen-bond donors (Lipinski definition) is 3. The van der Waals surface area contributed by atoms with Crippen LogP contribution < -0.4 is 0 Å². The van der Waals surface area contributed by atoms with Crippen molar-refractivity contribution >= 4 is 17.7 Å². The van der Waals surface area contributed by atoms with Crippen LogP contribution in [0.2, 0.25) is 0 Å². The van der Waals surface area contributed by atoms with Crippen molar-refractivity contribution in [2.24, 2.45) is 0 Å². The van der Waals surface area contributed by atoms with Gasteiger partial charge in [-0.05, 0) is 27.5 Å². The zero-order valence-electron chi connectivity index (χ0n) is 13.7. The molecule has 1 aromatic rings. The molecule has 0 spiro atoms. The van der Waals surface area contributed by atoms with Crippen molar-refractivity contribution in [1.29, 1.82) is 0 Å². The van der Waals surface area contributed by atoms with E-state index >= 15 is 0 Å². The maximum atomic E-state index is 11.1. The molecular formula is C17H26O3S. The highest BCUT2D eigenvalue weighted by atomic mass is 32.1. The first-order valence-corrected chi connectivity index (χ1v) is 7.56. The topological polar surface area (TPSA) is 57.5 Å². The molecule has 0 aliphatic rings. The second-order valence-corrected chi connectivity index (χ2v) is 8.04. The Balaban J connectivity index is 3.44. The number of phenols is 1. The molecule has 0 aliphatic heterocycles. The first kappa shape index (κ1) is 18.1. The highest BCUT2D eigenvalue weighted by Gasteiger charge is 2.27. The lowest BCUT2D eigenvalue weighted by Gasteiger charge is -2.28. The normalized spacial score (nSPS) is 14.1. The molecule has 4 heteroatoms. The lowest BCUT2D eigenvalue weighted by Crippen LogP contribution is -2.21. The molecule has 1 rings (SSSR count). The van der Waals surface area contributed by atoms with Crippen LogP contribution in [0.5, 0.6) is 5.75 Å². The average Bonchev–Trinajstić information content (AvgIpc) is 2.27. The van der Waals surface area contributed by atoms with E-state index in [2.05, 4.69) is 12.6 Å². The summed E-state index contributed by atoms with van der Waals surface area (Å²) < 4.78 is 0. The van der Waals surface area contributed by atoms with Gasteiger partial charge in [-0.25, -0.2) is 0 Å². The number of phenolic OH excluding ortho intramolecular Hbond substituents is 1. The third-order valence-corrected chi connectivity index (χ3v) is 3.80. The number of carbonyl (C=O) groups is 1. The number of rotatable bonds is 3. The van der Waals surface area contributed by atoms with Gasteiger partial charge in [0.2, 0.25) is 5.12 Å². The summed E-state index contributed by atoms with van der Waals surface area (Å²) in [5, 5.41) is 19.8. The van der Waals surface area contributed by atoms with Gasteiger partial charge in [0.15, 0.2) is 0 Å². The van der Waals surface area contributed by atoms with Crippen LogP contribution in [0.1, 0.15) is 58.2 Å². The summed E-state index contributed by atoms with van der Waals surface area (Å²) in [6, 6.07) is 3.73. The maximum absolute atomic E-state index is 11.1. The second kappa shape index (κ2) is 6.01. The maximum Gasteiger partial charge on any atom is 0.214 e. The van der Waals surface area contributed by atoms with Gasteiger partial charge >= 0.3 is 0 Å². The summed E-state index contributed by atoms with van der Waals surface area (Å²) in [6.45, 7) is 12.2. The Morgan fingerprint density at radius 1 is 1.10 bits per heavy atom. The lowest BCUT2D eigenvalue weighted by atomic mass is 9.78. The zero-order chi connectivity index (χ0) is 16.6. The van der Waals surface area contributed by atoms with Crippen molar-refractivity contribution < 1.29 is 15.0 Å². The van der Waals surface area contributed by atoms with Crippen molar-refractivity contribution in [1.82, 2.24) is 0 Å². The Bertz CT molecular complexity index is 501. The van der Waals surface area contributed by atoms with Gasteiger partial charge in [-0.15, -0.1) is 12.6 Å². The first-order chi connectivity index (χ1) is 9.34. The van der Waals surface area contributed by atoms with Crippen molar-refractivity contribution in [2.75, 3.05) is 0 Å². The fourth-order valence-electron chi connectivity index (χ4n) is 2.27. The van der Waals surface area contributed by atoms with E-state index in [-0.39, 0.29) is 17.3 Å². The monoisotopic (exact) mass is 310 g/mol. The molecule has 118 valence electrons. The molecule has 0 bridgehead atoms. The minimum absolute atomic E-state index is 0.203. The van der Waals surface area contributed by atoms with Gasteiger partial charge in [0.1, 0.15) is 11.9 Å². The van der Waals surface area contributed by atoms with E-state index in [4.69, 9.17) is 0 Å². The van der Waals surface area contributed by atoms with Gasteiger partial charge in [-0.2, -0.15) is 0 Å². The summed E-state index contributed by atoms with van der Waals surface area (Å²) in [5.41, 5.74) is 2.02. The summed E-state index contributed by atoms with van der Waals surface area (Å²) in [6.07, 6.45) is -0.923. The van der Waals surface area contributed by atoms with Crippen LogP contribution in [0.15, 0.2) is 12.1 Å². The third kappa shape index (κ3) is 4.48. The number of thiol groups is 1. The fraction of sp³-hybridized carbons (Fsp3) is 0.588. The van der Waals surface area contributed by atoms with Crippen LogP contribution in [0.25, 0.3) is 0 Å². The molecule has 0 radical (unpaired) electrons. The highest BCUT2D eigenvalue weighted by Crippen LogP contribution is 2.39. The van der Waals surface area contributed by atoms with E-state index in [1.54, 1.807) is 0 Å². The molecule has 1 aromatic carbocycles. The molecule has 0 aliphatic carbocycles. The molecule has 0 aromatic heterocycles. The number of aliphatic hydroxyl groups excluding tert-OH is 1. The van der Waals surface area contributed by atoms with Gasteiger partial charge in [0, 0.05) is 6.42 Å². The van der Waals surface area contributed by atoms with E-state index in [0.717, 1.165) is 16.7 Å². The Morgan fingerprint density at radius 3 is 1.76 bits per heavy atom. The molecule has 3 nitrogen and oxygen atoms in total. The predicted molar refractivity (Wildman–Crippen MR) is 89.2 cm³/mol. The van der Waals surface area contributed by atoms with E-state index in [1.165, 1.54) is 0 Å². The molecule has 21 heavy (non-hydrogen) atoms. The van der Waals surface area contributed by atoms with Crippen LogP contribution in [0, 0.1) is 0 Å². The van der Waals surface area contributed by atoms with Crippen molar-refractivity contribution in [3.05, 3.63) is 28.8 Å². The summed E-state index contributed by atoms with van der Waals surface area (Å²) >= 11 is 3.67. The van der Waals surface area contributed by atoms with E-state index in [9.17, 15) is 15.0 Å². The summed E-state index contributed by atoms with van der Waals surface area (Å²) in [7, 11) is 0. The molecule has 0 saturated carbocycles. The molecular weight excluding hydrogens is 284 g/mol. The van der Waals surface area contributed by atoms with E-state index in [0.29, 0.717) is 5.75 Å². The van der Waals surface area contributed by atoms with Crippen LogP contribution >= 0.6 is 12.6 Å². The molecule has 1 atom stereocenters. The second-order valence-electron chi connectivity index (χ2n) is 7.60. The van der Waals surface area contributed by atoms with E-state index < -0.39 is 11.2 Å². The number of aliphatic hydroxyl groups is 1. The molecule has 0 amide bonds. The average molecular weight is 310 g/mol. The third-order valence-electron chi connectivity index (χ3n) is 3.50. The minimum Gasteiger partial charge on any atom is -0.507 e. The number of carbonyl (C=O) groups excluding carboxylic acids is 1. The smallest absolute Gasteiger partial charge is 0.214 e. The Morgan fingerprint density at radius 2 is 1.48 bits per heavy atom. The van der Waals surface area contributed by atoms with Crippen LogP contribution in [-0.2, 0) is 22.0 Å². The van der Waals surface area contributed by atoms with Gasteiger partial charge < -0.3 is 10.2 Å². The molecule has 1 unspecified atom stereocenters. The number of benzene rings is 1. The van der Waals surface area contributed by atoms with Crippen molar-refractivity contribution in [3.8, 4) is 5.75 Å². The Hall–Kier alpha value is -1.00. The van der Waals surface area contributed by atoms with Crippen LogP contribution in [0.3, 0.4) is 0 Å². The first-order valence-electron chi connectivity index (χ1n) is 7.11.